The van der Waals surface area contributed by atoms with E-state index >= 15 is 0 Å². The Labute approximate surface area is 106 Å². The number of ether oxygens (including phenoxy) is 1. The molecule has 0 aliphatic heterocycles. The maximum absolute atomic E-state index is 10.7. The van der Waals surface area contributed by atoms with Gasteiger partial charge in [-0.2, -0.15) is 0 Å². The van der Waals surface area contributed by atoms with Crippen LogP contribution in [0, 0.1) is 0 Å². The lowest BCUT2D eigenvalue weighted by Crippen LogP contribution is -2.03. The molecule has 0 radical (unpaired) electrons. The van der Waals surface area contributed by atoms with Crippen molar-refractivity contribution in [1.29, 1.82) is 0 Å². The molecule has 0 atom stereocenters. The summed E-state index contributed by atoms with van der Waals surface area (Å²) in [5.74, 6) is 1.50. The molecule has 0 aliphatic rings. The predicted molar refractivity (Wildman–Crippen MR) is 69.9 cm³/mol. The number of nitrogens with zero attached hydrogens (tertiary/aromatic N) is 1. The van der Waals surface area contributed by atoms with Crippen LogP contribution in [0.25, 0.3) is 0 Å². The third kappa shape index (κ3) is 2.85. The average Bonchev–Trinajstić information content (AvgIpc) is 2.45. The molecular weight excluding hydrogens is 228 g/mol. The molecule has 1 aromatic carbocycles. The maximum atomic E-state index is 10.7. The molecular formula is C14H14N2O2. The Morgan fingerprint density at radius 2 is 2.17 bits per heavy atom. The Morgan fingerprint density at radius 1 is 1.33 bits per heavy atom. The summed E-state index contributed by atoms with van der Waals surface area (Å²) < 4.78 is 5.26. The van der Waals surface area contributed by atoms with E-state index in [0.29, 0.717) is 17.9 Å². The molecule has 0 amide bonds. The van der Waals surface area contributed by atoms with E-state index in [0.717, 1.165) is 17.6 Å². The van der Waals surface area contributed by atoms with Crippen molar-refractivity contribution in [1.82, 2.24) is 4.98 Å². The first-order chi connectivity index (χ1) is 8.83. The Bertz CT molecular complexity index is 541. The SMILES string of the molecule is COc1ccccc1CNc1cc(C=O)ccn1. The van der Waals surface area contributed by atoms with E-state index in [9.17, 15) is 4.79 Å². The second kappa shape index (κ2) is 5.82. The van der Waals surface area contributed by atoms with Gasteiger partial charge in [0, 0.05) is 23.9 Å². The monoisotopic (exact) mass is 242 g/mol. The van der Waals surface area contributed by atoms with Crippen molar-refractivity contribution in [3.8, 4) is 5.75 Å². The van der Waals surface area contributed by atoms with Gasteiger partial charge in [0.1, 0.15) is 17.9 Å². The number of carbonyl (C=O) groups is 1. The van der Waals surface area contributed by atoms with Crippen LogP contribution in [0.4, 0.5) is 5.82 Å². The highest BCUT2D eigenvalue weighted by atomic mass is 16.5. The molecule has 0 spiro atoms. The maximum Gasteiger partial charge on any atom is 0.150 e. The zero-order chi connectivity index (χ0) is 12.8. The summed E-state index contributed by atoms with van der Waals surface area (Å²) in [7, 11) is 1.64. The van der Waals surface area contributed by atoms with Crippen LogP contribution in [0.2, 0.25) is 0 Å². The van der Waals surface area contributed by atoms with Gasteiger partial charge >= 0.3 is 0 Å². The number of pyridine rings is 1. The minimum absolute atomic E-state index is 0.597. The number of benzene rings is 1. The summed E-state index contributed by atoms with van der Waals surface area (Å²) in [4.78, 5) is 14.8. The lowest BCUT2D eigenvalue weighted by atomic mass is 10.2. The lowest BCUT2D eigenvalue weighted by molar-refractivity contribution is 0.112. The molecule has 1 heterocycles. The van der Waals surface area contributed by atoms with E-state index in [2.05, 4.69) is 10.3 Å². The summed E-state index contributed by atoms with van der Waals surface area (Å²) >= 11 is 0. The summed E-state index contributed by atoms with van der Waals surface area (Å²) in [5, 5.41) is 3.16. The second-order valence-electron chi connectivity index (χ2n) is 3.76. The van der Waals surface area contributed by atoms with Crippen LogP contribution in [-0.2, 0) is 6.54 Å². The van der Waals surface area contributed by atoms with Crippen LogP contribution in [0.3, 0.4) is 0 Å². The number of hydrogen-bond donors (Lipinski definition) is 1. The van der Waals surface area contributed by atoms with Crippen molar-refractivity contribution in [2.75, 3.05) is 12.4 Å². The topological polar surface area (TPSA) is 51.2 Å². The van der Waals surface area contributed by atoms with Gasteiger partial charge in [0.25, 0.3) is 0 Å². The molecule has 0 saturated carbocycles. The number of aldehydes is 1. The quantitative estimate of drug-likeness (QED) is 0.818. The van der Waals surface area contributed by atoms with E-state index in [1.165, 1.54) is 0 Å². The van der Waals surface area contributed by atoms with Gasteiger partial charge in [0.2, 0.25) is 0 Å². The zero-order valence-corrected chi connectivity index (χ0v) is 10.1. The Kier molecular flexibility index (Phi) is 3.91. The Morgan fingerprint density at radius 3 is 2.94 bits per heavy atom. The minimum atomic E-state index is 0.597. The van der Waals surface area contributed by atoms with Crippen molar-refractivity contribution in [3.63, 3.8) is 0 Å². The number of anilines is 1. The van der Waals surface area contributed by atoms with Crippen molar-refractivity contribution in [2.45, 2.75) is 6.54 Å². The van der Waals surface area contributed by atoms with Crippen molar-refractivity contribution in [3.05, 3.63) is 53.7 Å². The number of para-hydroxylation sites is 1. The highest BCUT2D eigenvalue weighted by Gasteiger charge is 2.02. The molecule has 4 heteroatoms. The summed E-state index contributed by atoms with van der Waals surface area (Å²) in [6.45, 7) is 0.597. The fraction of sp³-hybridized carbons (Fsp3) is 0.143. The van der Waals surface area contributed by atoms with E-state index in [4.69, 9.17) is 4.74 Å². The molecule has 92 valence electrons. The number of nitrogens with one attached hydrogen (secondary N) is 1. The van der Waals surface area contributed by atoms with Gasteiger partial charge in [0.15, 0.2) is 0 Å². The van der Waals surface area contributed by atoms with E-state index in [1.54, 1.807) is 25.4 Å². The molecule has 2 aromatic rings. The number of hydrogen-bond acceptors (Lipinski definition) is 4. The van der Waals surface area contributed by atoms with Crippen LogP contribution in [0.5, 0.6) is 5.75 Å². The first kappa shape index (κ1) is 12.1. The standard InChI is InChI=1S/C14H14N2O2/c1-18-13-5-3-2-4-12(13)9-16-14-8-11(10-17)6-7-15-14/h2-8,10H,9H2,1H3,(H,15,16). The first-order valence-corrected chi connectivity index (χ1v) is 5.60. The molecule has 2 rings (SSSR count). The highest BCUT2D eigenvalue weighted by molar-refractivity contribution is 5.75. The summed E-state index contributed by atoms with van der Waals surface area (Å²) in [6, 6.07) is 11.1. The van der Waals surface area contributed by atoms with E-state index in [-0.39, 0.29) is 0 Å². The van der Waals surface area contributed by atoms with Crippen LogP contribution in [-0.4, -0.2) is 18.4 Å². The largest absolute Gasteiger partial charge is 0.496 e. The lowest BCUT2D eigenvalue weighted by Gasteiger charge is -2.09. The third-order valence-electron chi connectivity index (χ3n) is 2.57. The summed E-state index contributed by atoms with van der Waals surface area (Å²) in [6.07, 6.45) is 2.41. The molecule has 0 fully saturated rings. The first-order valence-electron chi connectivity index (χ1n) is 5.60. The van der Waals surface area contributed by atoms with Crippen LogP contribution >= 0.6 is 0 Å². The van der Waals surface area contributed by atoms with E-state index < -0.39 is 0 Å². The molecule has 0 bridgehead atoms. The number of carbonyl (C=O) groups excluding carboxylic acids is 1. The van der Waals surface area contributed by atoms with Gasteiger partial charge in [-0.25, -0.2) is 4.98 Å². The molecule has 1 N–H and O–H groups in total. The number of methoxy groups -OCH3 is 1. The second-order valence-corrected chi connectivity index (χ2v) is 3.76. The van der Waals surface area contributed by atoms with Gasteiger partial charge in [-0.1, -0.05) is 18.2 Å². The molecule has 0 saturated heterocycles. The minimum Gasteiger partial charge on any atom is -0.496 e. The fourth-order valence-corrected chi connectivity index (χ4v) is 1.65. The summed E-state index contributed by atoms with van der Waals surface area (Å²) in [5.41, 5.74) is 1.64. The average molecular weight is 242 g/mol. The predicted octanol–water partition coefficient (Wildman–Crippen LogP) is 2.51. The normalized spacial score (nSPS) is 9.83. The van der Waals surface area contributed by atoms with Crippen molar-refractivity contribution in [2.24, 2.45) is 0 Å². The highest BCUT2D eigenvalue weighted by Crippen LogP contribution is 2.18. The van der Waals surface area contributed by atoms with E-state index in [1.807, 2.05) is 24.3 Å². The van der Waals surface area contributed by atoms with Gasteiger partial charge in [0.05, 0.1) is 7.11 Å². The van der Waals surface area contributed by atoms with Crippen LogP contribution in [0.15, 0.2) is 42.6 Å². The van der Waals surface area contributed by atoms with Gasteiger partial charge in [-0.05, 0) is 18.2 Å². The molecule has 0 aliphatic carbocycles. The fourth-order valence-electron chi connectivity index (χ4n) is 1.65. The molecule has 0 unspecified atom stereocenters. The molecule has 4 nitrogen and oxygen atoms in total. The van der Waals surface area contributed by atoms with Gasteiger partial charge < -0.3 is 10.1 Å². The Hall–Kier alpha value is -2.36. The van der Waals surface area contributed by atoms with Crippen LogP contribution in [0.1, 0.15) is 15.9 Å². The third-order valence-corrected chi connectivity index (χ3v) is 2.57. The molecule has 18 heavy (non-hydrogen) atoms. The van der Waals surface area contributed by atoms with Crippen LogP contribution < -0.4 is 10.1 Å². The van der Waals surface area contributed by atoms with Crippen molar-refractivity contribution >= 4 is 12.1 Å². The van der Waals surface area contributed by atoms with Gasteiger partial charge in [-0.15, -0.1) is 0 Å². The smallest absolute Gasteiger partial charge is 0.150 e. The number of rotatable bonds is 5. The number of aromatic nitrogens is 1. The Balaban J connectivity index is 2.08. The van der Waals surface area contributed by atoms with Crippen molar-refractivity contribution < 1.29 is 9.53 Å². The molecule has 1 aromatic heterocycles. The zero-order valence-electron chi connectivity index (χ0n) is 10.1. The van der Waals surface area contributed by atoms with Gasteiger partial charge in [-0.3, -0.25) is 4.79 Å².